The van der Waals surface area contributed by atoms with Gasteiger partial charge in [0, 0.05) is 47.2 Å². The van der Waals surface area contributed by atoms with Gasteiger partial charge in [-0.3, -0.25) is 0 Å². The van der Waals surface area contributed by atoms with Crippen molar-refractivity contribution in [3.05, 3.63) is 53.6 Å². The Kier molecular flexibility index (Phi) is 5.87. The Morgan fingerprint density at radius 1 is 0.973 bits per heavy atom. The predicted molar refractivity (Wildman–Crippen MR) is 149 cm³/mol. The van der Waals surface area contributed by atoms with Crippen molar-refractivity contribution in [2.24, 2.45) is 0 Å². The fourth-order valence-corrected chi connectivity index (χ4v) is 6.55. The topological polar surface area (TPSA) is 66.4 Å². The lowest BCUT2D eigenvalue weighted by Crippen LogP contribution is -2.51. The Hall–Kier alpha value is -3.00. The summed E-state index contributed by atoms with van der Waals surface area (Å²) in [5, 5.41) is 7.50. The van der Waals surface area contributed by atoms with E-state index in [1.54, 1.807) is 0 Å². The molecule has 3 atom stereocenters. The highest BCUT2D eigenvalue weighted by Crippen LogP contribution is 2.35. The summed E-state index contributed by atoms with van der Waals surface area (Å²) in [6.45, 7) is 3.58. The molecule has 37 heavy (non-hydrogen) atoms. The van der Waals surface area contributed by atoms with E-state index in [0.717, 1.165) is 64.3 Å². The van der Waals surface area contributed by atoms with Crippen LogP contribution in [0.4, 0.5) is 5.82 Å². The molecule has 0 radical (unpaired) electrons. The number of pyridine rings is 1. The smallest absolute Gasteiger partial charge is 0.320 e. The number of likely N-dealkylation sites (N-methyl/N-ethyl adjacent to an activating group) is 1. The van der Waals surface area contributed by atoms with Gasteiger partial charge in [-0.25, -0.2) is 4.98 Å². The predicted octanol–water partition coefficient (Wildman–Crippen LogP) is 4.91. The van der Waals surface area contributed by atoms with Gasteiger partial charge in [0.2, 0.25) is 0 Å². The number of ether oxygens (including phenoxy) is 1. The van der Waals surface area contributed by atoms with Gasteiger partial charge < -0.3 is 19.9 Å². The molecule has 7 nitrogen and oxygen atoms in total. The molecule has 2 aromatic heterocycles. The lowest BCUT2D eigenvalue weighted by atomic mass is 10.0. The summed E-state index contributed by atoms with van der Waals surface area (Å²) < 4.78 is 6.24. The number of fused-ring (bicyclic) bond motifs is 4. The van der Waals surface area contributed by atoms with Crippen LogP contribution in [0.5, 0.6) is 6.01 Å². The molecule has 3 saturated heterocycles. The minimum atomic E-state index is 0.398. The van der Waals surface area contributed by atoms with E-state index >= 15 is 0 Å². The molecule has 7 rings (SSSR count). The number of benzene rings is 2. The zero-order valence-electron chi connectivity index (χ0n) is 21.0. The summed E-state index contributed by atoms with van der Waals surface area (Å²) in [6, 6.07) is 18.2. The van der Waals surface area contributed by atoms with Crippen molar-refractivity contribution in [2.45, 2.75) is 43.8 Å². The molecule has 0 amide bonds. The van der Waals surface area contributed by atoms with Gasteiger partial charge in [-0.1, -0.05) is 41.9 Å². The fourth-order valence-electron chi connectivity index (χ4n) is 6.27. The molecular formula is C29H31ClN6O. The summed E-state index contributed by atoms with van der Waals surface area (Å²) in [4.78, 5) is 19.6. The molecule has 3 unspecified atom stereocenters. The Morgan fingerprint density at radius 2 is 1.78 bits per heavy atom. The van der Waals surface area contributed by atoms with Crippen LogP contribution in [0.2, 0.25) is 5.02 Å². The van der Waals surface area contributed by atoms with Crippen LogP contribution in [0.25, 0.3) is 33.1 Å². The molecule has 190 valence electrons. The normalized spacial score (nSPS) is 23.8. The van der Waals surface area contributed by atoms with Crippen LogP contribution in [0.15, 0.2) is 48.5 Å². The average molecular weight is 515 g/mol. The van der Waals surface area contributed by atoms with Crippen LogP contribution in [0, 0.1) is 0 Å². The van der Waals surface area contributed by atoms with Crippen molar-refractivity contribution >= 4 is 39.2 Å². The number of nitrogens with one attached hydrogen (secondary N) is 1. The minimum absolute atomic E-state index is 0.398. The molecule has 0 aliphatic carbocycles. The van der Waals surface area contributed by atoms with Crippen molar-refractivity contribution in [3.8, 4) is 17.3 Å². The summed E-state index contributed by atoms with van der Waals surface area (Å²) >= 11 is 6.64. The van der Waals surface area contributed by atoms with E-state index in [9.17, 15) is 0 Å². The lowest BCUT2D eigenvalue weighted by molar-refractivity contribution is 0.188. The Labute approximate surface area is 221 Å². The van der Waals surface area contributed by atoms with E-state index in [-0.39, 0.29) is 0 Å². The van der Waals surface area contributed by atoms with Crippen molar-refractivity contribution in [3.63, 3.8) is 0 Å². The molecule has 4 aromatic rings. The quantitative estimate of drug-likeness (QED) is 0.406. The number of rotatable bonds is 5. The van der Waals surface area contributed by atoms with Gasteiger partial charge in [-0.05, 0) is 62.9 Å². The highest BCUT2D eigenvalue weighted by molar-refractivity contribution is 6.36. The van der Waals surface area contributed by atoms with Crippen molar-refractivity contribution in [2.75, 3.05) is 38.2 Å². The maximum atomic E-state index is 6.64. The van der Waals surface area contributed by atoms with E-state index < -0.39 is 0 Å². The summed E-state index contributed by atoms with van der Waals surface area (Å²) in [5.41, 5.74) is 2.50. The maximum absolute atomic E-state index is 6.64. The number of anilines is 1. The first kappa shape index (κ1) is 23.1. The number of nitrogens with zero attached hydrogens (tertiary/aromatic N) is 5. The zero-order chi connectivity index (χ0) is 24.9. The van der Waals surface area contributed by atoms with Crippen LogP contribution in [-0.2, 0) is 0 Å². The summed E-state index contributed by atoms with van der Waals surface area (Å²) in [6.07, 6.45) is 4.77. The highest BCUT2D eigenvalue weighted by atomic mass is 35.5. The van der Waals surface area contributed by atoms with Gasteiger partial charge >= 0.3 is 6.01 Å². The molecule has 0 saturated carbocycles. The van der Waals surface area contributed by atoms with Gasteiger partial charge in [0.05, 0.1) is 11.1 Å². The number of piperazine rings is 1. The zero-order valence-corrected chi connectivity index (χ0v) is 21.8. The largest absolute Gasteiger partial charge is 0.462 e. The van der Waals surface area contributed by atoms with Crippen LogP contribution < -0.4 is 15.0 Å². The molecule has 3 aliphatic rings. The van der Waals surface area contributed by atoms with Crippen molar-refractivity contribution in [1.29, 1.82) is 0 Å². The third kappa shape index (κ3) is 4.29. The van der Waals surface area contributed by atoms with E-state index in [2.05, 4.69) is 58.6 Å². The second-order valence-electron chi connectivity index (χ2n) is 10.7. The number of likely N-dealkylation sites (tertiary alicyclic amines) is 1. The first-order valence-electron chi connectivity index (χ1n) is 13.3. The molecule has 8 heteroatoms. The molecular weight excluding hydrogens is 484 g/mol. The molecule has 2 bridgehead atoms. The van der Waals surface area contributed by atoms with E-state index in [4.69, 9.17) is 31.3 Å². The van der Waals surface area contributed by atoms with Gasteiger partial charge in [0.15, 0.2) is 5.65 Å². The van der Waals surface area contributed by atoms with Gasteiger partial charge in [-0.15, -0.1) is 0 Å². The Morgan fingerprint density at radius 3 is 2.57 bits per heavy atom. The molecule has 0 spiro atoms. The monoisotopic (exact) mass is 514 g/mol. The lowest BCUT2D eigenvalue weighted by Gasteiger charge is -2.34. The van der Waals surface area contributed by atoms with Crippen LogP contribution >= 0.6 is 11.6 Å². The van der Waals surface area contributed by atoms with Crippen LogP contribution in [-0.4, -0.2) is 71.3 Å². The fraction of sp³-hybridized carbons (Fsp3) is 0.414. The number of halogens is 1. The third-order valence-electron chi connectivity index (χ3n) is 8.24. The van der Waals surface area contributed by atoms with Crippen molar-refractivity contribution < 1.29 is 4.74 Å². The molecule has 2 aromatic carbocycles. The van der Waals surface area contributed by atoms with Crippen LogP contribution in [0.3, 0.4) is 0 Å². The van der Waals surface area contributed by atoms with Gasteiger partial charge in [0.1, 0.15) is 12.4 Å². The highest BCUT2D eigenvalue weighted by Gasteiger charge is 2.34. The minimum Gasteiger partial charge on any atom is -0.462 e. The average Bonchev–Trinajstić information content (AvgIpc) is 3.49. The number of hydrogen-bond donors (Lipinski definition) is 1. The van der Waals surface area contributed by atoms with Gasteiger partial charge in [0.25, 0.3) is 0 Å². The van der Waals surface area contributed by atoms with E-state index in [1.807, 2.05) is 12.1 Å². The molecule has 3 fully saturated rings. The van der Waals surface area contributed by atoms with Crippen LogP contribution in [0.1, 0.15) is 25.7 Å². The number of hydrogen-bond acceptors (Lipinski definition) is 7. The third-order valence-corrected chi connectivity index (χ3v) is 8.56. The Balaban J connectivity index is 1.32. The first-order chi connectivity index (χ1) is 18.1. The maximum Gasteiger partial charge on any atom is 0.320 e. The molecule has 5 heterocycles. The second kappa shape index (κ2) is 9.39. The van der Waals surface area contributed by atoms with Crippen molar-refractivity contribution in [1.82, 2.24) is 25.2 Å². The van der Waals surface area contributed by atoms with Gasteiger partial charge in [-0.2, -0.15) is 9.97 Å². The summed E-state index contributed by atoms with van der Waals surface area (Å²) in [5.74, 6) is 0.924. The Bertz CT molecular complexity index is 1460. The standard InChI is InChI=1S/C29H31ClN6O/c1-35-14-4-7-21(35)17-37-29-33-27-23(28(34-29)36-15-19-10-11-20(16-36)31-19)12-13-25(32-27)22-8-2-5-18-6-3-9-24(30)26(18)22/h2-3,5-6,8-9,12-13,19-21,31H,4,7,10-11,14-17H2,1H3. The molecule has 1 N–H and O–H groups in total. The second-order valence-corrected chi connectivity index (χ2v) is 11.1. The van der Waals surface area contributed by atoms with E-state index in [1.165, 1.54) is 19.3 Å². The first-order valence-corrected chi connectivity index (χ1v) is 13.7. The van der Waals surface area contributed by atoms with E-state index in [0.29, 0.717) is 36.4 Å². The SMILES string of the molecule is CN1CCCC1COc1nc(N2CC3CCC(C2)N3)c2ccc(-c3cccc4cccc(Cl)c34)nc2n1. The summed E-state index contributed by atoms with van der Waals surface area (Å²) in [7, 11) is 2.16. The number of aromatic nitrogens is 3. The molecule has 3 aliphatic heterocycles.